The Balaban J connectivity index is 2.21. The van der Waals surface area contributed by atoms with Crippen molar-refractivity contribution in [2.75, 3.05) is 6.61 Å². The van der Waals surface area contributed by atoms with E-state index in [1.807, 2.05) is 0 Å². The van der Waals surface area contributed by atoms with Gasteiger partial charge in [0.1, 0.15) is 11.1 Å². The second-order valence-electron chi connectivity index (χ2n) is 4.85. The molecule has 0 radical (unpaired) electrons. The third-order valence-electron chi connectivity index (χ3n) is 3.25. The van der Waals surface area contributed by atoms with Gasteiger partial charge in [-0.1, -0.05) is 17.7 Å². The molecule has 7 nitrogen and oxygen atoms in total. The lowest BCUT2D eigenvalue weighted by Gasteiger charge is -2.02. The van der Waals surface area contributed by atoms with Crippen LogP contribution >= 0.6 is 11.6 Å². The van der Waals surface area contributed by atoms with Gasteiger partial charge in [0, 0.05) is 22.7 Å². The Kier molecular flexibility index (Phi) is 4.18. The summed E-state index contributed by atoms with van der Waals surface area (Å²) in [5.41, 5.74) is 0.616. The van der Waals surface area contributed by atoms with Crippen molar-refractivity contribution in [3.63, 3.8) is 0 Å². The number of hydrogen-bond acceptors (Lipinski definition) is 6. The van der Waals surface area contributed by atoms with Gasteiger partial charge in [-0.15, -0.1) is 0 Å². The molecule has 3 rings (SSSR count). The number of ether oxygens (including phenoxy) is 1. The first-order valence-corrected chi connectivity index (χ1v) is 7.39. The zero-order valence-corrected chi connectivity index (χ0v) is 13.2. The number of esters is 1. The average molecular weight is 347 g/mol. The molecule has 0 saturated heterocycles. The highest BCUT2D eigenvalue weighted by Gasteiger charge is 2.22. The van der Waals surface area contributed by atoms with Gasteiger partial charge in [-0.2, -0.15) is 0 Å². The van der Waals surface area contributed by atoms with E-state index in [1.54, 1.807) is 31.2 Å². The fraction of sp³-hybridized carbons (Fsp3) is 0.125. The van der Waals surface area contributed by atoms with E-state index in [-0.39, 0.29) is 34.8 Å². The van der Waals surface area contributed by atoms with Gasteiger partial charge in [-0.25, -0.2) is 9.78 Å². The predicted molar refractivity (Wildman–Crippen MR) is 87.1 cm³/mol. The SMILES string of the molecule is CCOC(=O)c1cc([N+](=O)[O-])cc2nc(-c3cccc(Cl)c3)oc12. The number of non-ortho nitro benzene ring substituents is 1. The van der Waals surface area contributed by atoms with E-state index in [1.165, 1.54) is 6.07 Å². The van der Waals surface area contributed by atoms with Crippen LogP contribution in [0.1, 0.15) is 17.3 Å². The van der Waals surface area contributed by atoms with E-state index >= 15 is 0 Å². The number of rotatable bonds is 4. The van der Waals surface area contributed by atoms with Crippen molar-refractivity contribution in [2.45, 2.75) is 6.92 Å². The number of hydrogen-bond donors (Lipinski definition) is 0. The summed E-state index contributed by atoms with van der Waals surface area (Å²) in [6.07, 6.45) is 0. The lowest BCUT2D eigenvalue weighted by Crippen LogP contribution is -2.05. The number of oxazole rings is 1. The zero-order chi connectivity index (χ0) is 17.3. The molecule has 0 aliphatic heterocycles. The van der Waals surface area contributed by atoms with Crippen molar-refractivity contribution in [2.24, 2.45) is 0 Å². The second-order valence-corrected chi connectivity index (χ2v) is 5.28. The van der Waals surface area contributed by atoms with Gasteiger partial charge in [0.15, 0.2) is 5.58 Å². The van der Waals surface area contributed by atoms with E-state index in [0.717, 1.165) is 6.07 Å². The molecule has 24 heavy (non-hydrogen) atoms. The van der Waals surface area contributed by atoms with Crippen molar-refractivity contribution < 1.29 is 18.9 Å². The van der Waals surface area contributed by atoms with Crippen LogP contribution in [0.15, 0.2) is 40.8 Å². The summed E-state index contributed by atoms with van der Waals surface area (Å²) in [7, 11) is 0. The van der Waals surface area contributed by atoms with Crippen LogP contribution < -0.4 is 0 Å². The summed E-state index contributed by atoms with van der Waals surface area (Å²) in [6.45, 7) is 1.78. The fourth-order valence-electron chi connectivity index (χ4n) is 2.23. The molecule has 0 saturated carbocycles. The van der Waals surface area contributed by atoms with Gasteiger partial charge in [-0.3, -0.25) is 10.1 Å². The first kappa shape index (κ1) is 15.9. The number of nitro groups is 1. The molecule has 0 aliphatic rings. The van der Waals surface area contributed by atoms with E-state index in [9.17, 15) is 14.9 Å². The Morgan fingerprint density at radius 3 is 2.83 bits per heavy atom. The number of nitrogens with zero attached hydrogens (tertiary/aromatic N) is 2. The number of halogens is 1. The lowest BCUT2D eigenvalue weighted by molar-refractivity contribution is -0.384. The number of carbonyl (C=O) groups excluding carboxylic acids is 1. The van der Waals surface area contributed by atoms with Crippen LogP contribution in [-0.2, 0) is 4.74 Å². The minimum absolute atomic E-state index is 0.0400. The van der Waals surface area contributed by atoms with Crippen LogP contribution in [0.2, 0.25) is 5.02 Å². The molecule has 8 heteroatoms. The molecule has 0 atom stereocenters. The van der Waals surface area contributed by atoms with E-state index in [4.69, 9.17) is 20.8 Å². The molecular formula is C16H11ClN2O5. The Labute approximate surface area is 141 Å². The summed E-state index contributed by atoms with van der Waals surface area (Å²) in [6, 6.07) is 9.16. The van der Waals surface area contributed by atoms with Crippen molar-refractivity contribution in [3.8, 4) is 11.5 Å². The standard InChI is InChI=1S/C16H11ClN2O5/c1-2-23-16(20)12-7-11(19(21)22)8-13-14(12)24-15(18-13)9-4-3-5-10(17)6-9/h3-8H,2H2,1H3. The molecule has 0 bridgehead atoms. The molecule has 1 heterocycles. The highest BCUT2D eigenvalue weighted by molar-refractivity contribution is 6.30. The largest absolute Gasteiger partial charge is 0.462 e. The normalized spacial score (nSPS) is 10.8. The fourth-order valence-corrected chi connectivity index (χ4v) is 2.42. The first-order chi connectivity index (χ1) is 11.5. The van der Waals surface area contributed by atoms with Gasteiger partial charge in [0.2, 0.25) is 5.89 Å². The summed E-state index contributed by atoms with van der Waals surface area (Å²) < 4.78 is 10.6. The van der Waals surface area contributed by atoms with Gasteiger partial charge < -0.3 is 9.15 Å². The monoisotopic (exact) mass is 346 g/mol. The Hall–Kier alpha value is -2.93. The third-order valence-corrected chi connectivity index (χ3v) is 3.49. The Morgan fingerprint density at radius 2 is 2.17 bits per heavy atom. The van der Waals surface area contributed by atoms with Crippen molar-refractivity contribution in [3.05, 3.63) is 57.1 Å². The molecule has 0 unspecified atom stereocenters. The first-order valence-electron chi connectivity index (χ1n) is 7.01. The highest BCUT2D eigenvalue weighted by Crippen LogP contribution is 2.31. The van der Waals surface area contributed by atoms with Gasteiger partial charge in [0.25, 0.3) is 5.69 Å². The molecular weight excluding hydrogens is 336 g/mol. The van der Waals surface area contributed by atoms with Crippen molar-refractivity contribution in [1.82, 2.24) is 4.98 Å². The summed E-state index contributed by atoms with van der Waals surface area (Å²) in [5.74, 6) is -0.501. The van der Waals surface area contributed by atoms with Crippen LogP contribution in [0.3, 0.4) is 0 Å². The molecule has 122 valence electrons. The minimum Gasteiger partial charge on any atom is -0.462 e. The van der Waals surface area contributed by atoms with Crippen LogP contribution in [0.5, 0.6) is 0 Å². The molecule has 2 aromatic carbocycles. The number of aromatic nitrogens is 1. The van der Waals surface area contributed by atoms with E-state index < -0.39 is 10.9 Å². The number of fused-ring (bicyclic) bond motifs is 1. The summed E-state index contributed by atoms with van der Waals surface area (Å²) in [5, 5.41) is 11.6. The molecule has 3 aromatic rings. The van der Waals surface area contributed by atoms with E-state index in [2.05, 4.69) is 4.98 Å². The molecule has 0 amide bonds. The van der Waals surface area contributed by atoms with Crippen molar-refractivity contribution in [1.29, 1.82) is 0 Å². The predicted octanol–water partition coefficient (Wildman–Crippen LogP) is 4.23. The molecule has 0 aliphatic carbocycles. The quantitative estimate of drug-likeness (QED) is 0.398. The maximum absolute atomic E-state index is 12.1. The van der Waals surface area contributed by atoms with Crippen molar-refractivity contribution >= 4 is 34.4 Å². The Morgan fingerprint density at radius 1 is 1.38 bits per heavy atom. The zero-order valence-electron chi connectivity index (χ0n) is 12.5. The van der Waals surface area contributed by atoms with Crippen LogP contribution in [-0.4, -0.2) is 22.5 Å². The van der Waals surface area contributed by atoms with Gasteiger partial charge in [-0.05, 0) is 25.1 Å². The summed E-state index contributed by atoms with van der Waals surface area (Å²) >= 11 is 5.95. The van der Waals surface area contributed by atoms with Gasteiger partial charge >= 0.3 is 5.97 Å². The number of carbonyl (C=O) groups is 1. The Bertz CT molecular complexity index is 951. The number of benzene rings is 2. The molecule has 0 N–H and O–H groups in total. The topological polar surface area (TPSA) is 95.5 Å². The van der Waals surface area contributed by atoms with Gasteiger partial charge in [0.05, 0.1) is 11.5 Å². The lowest BCUT2D eigenvalue weighted by atomic mass is 10.1. The average Bonchev–Trinajstić information content (AvgIpc) is 2.98. The smallest absolute Gasteiger partial charge is 0.342 e. The van der Waals surface area contributed by atoms with Crippen LogP contribution in [0.25, 0.3) is 22.6 Å². The maximum Gasteiger partial charge on any atom is 0.342 e. The minimum atomic E-state index is -0.708. The molecule has 0 spiro atoms. The highest BCUT2D eigenvalue weighted by atomic mass is 35.5. The maximum atomic E-state index is 12.1. The molecule has 0 fully saturated rings. The number of nitro benzene ring substituents is 1. The van der Waals surface area contributed by atoms with E-state index in [0.29, 0.717) is 10.6 Å². The summed E-state index contributed by atoms with van der Waals surface area (Å²) in [4.78, 5) is 26.8. The third kappa shape index (κ3) is 2.93. The second kappa shape index (κ2) is 6.29. The van der Waals surface area contributed by atoms with Crippen LogP contribution in [0, 0.1) is 10.1 Å². The van der Waals surface area contributed by atoms with Crippen LogP contribution in [0.4, 0.5) is 5.69 Å². The molecule has 1 aromatic heterocycles.